The fourth-order valence-electron chi connectivity index (χ4n) is 5.80. The molecule has 208 valence electrons. The quantitative estimate of drug-likeness (QED) is 0.236. The largest absolute Gasteiger partial charge is 0.497 e. The Bertz CT molecular complexity index is 1480. The van der Waals surface area contributed by atoms with Crippen LogP contribution in [0.1, 0.15) is 48.6 Å². The molecule has 0 amide bonds. The molecule has 0 bridgehead atoms. The van der Waals surface area contributed by atoms with Gasteiger partial charge in [0.25, 0.3) is 0 Å². The minimum absolute atomic E-state index is 0.163. The number of anilines is 2. The Morgan fingerprint density at radius 3 is 2.33 bits per heavy atom. The second kappa shape index (κ2) is 11.6. The van der Waals surface area contributed by atoms with Crippen molar-refractivity contribution in [1.29, 1.82) is 0 Å². The summed E-state index contributed by atoms with van der Waals surface area (Å²) in [7, 11) is 3.34. The molecule has 2 aromatic carbocycles. The van der Waals surface area contributed by atoms with Gasteiger partial charge in [-0.15, -0.1) is 0 Å². The van der Waals surface area contributed by atoms with E-state index < -0.39 is 0 Å². The number of hydrogen-bond donors (Lipinski definition) is 1. The van der Waals surface area contributed by atoms with E-state index in [9.17, 15) is 0 Å². The lowest BCUT2D eigenvalue weighted by molar-refractivity contribution is 0.403. The first-order valence-corrected chi connectivity index (χ1v) is 14.1. The van der Waals surface area contributed by atoms with Crippen molar-refractivity contribution >= 4 is 28.7 Å². The van der Waals surface area contributed by atoms with E-state index in [0.29, 0.717) is 5.11 Å². The van der Waals surface area contributed by atoms with E-state index in [0.717, 1.165) is 58.6 Å². The van der Waals surface area contributed by atoms with Crippen LogP contribution in [-0.2, 0) is 0 Å². The molecule has 2 aromatic heterocycles. The Hall–Kier alpha value is -4.04. The van der Waals surface area contributed by atoms with E-state index in [1.807, 2.05) is 42.6 Å². The third-order valence-electron chi connectivity index (χ3n) is 7.77. The molecule has 0 aliphatic carbocycles. The van der Waals surface area contributed by atoms with Crippen molar-refractivity contribution in [2.45, 2.75) is 39.8 Å². The lowest BCUT2D eigenvalue weighted by Gasteiger charge is -2.29. The molecule has 0 radical (unpaired) electrons. The molecule has 4 aromatic rings. The maximum atomic E-state index is 5.98. The van der Waals surface area contributed by atoms with Gasteiger partial charge in [-0.25, -0.2) is 0 Å². The van der Waals surface area contributed by atoms with Crippen LogP contribution in [0.2, 0.25) is 0 Å². The third kappa shape index (κ3) is 4.88. The number of thiocarbonyl (C=S) groups is 1. The smallest absolute Gasteiger partial charge is 0.174 e. The highest BCUT2D eigenvalue weighted by atomic mass is 32.1. The molecule has 0 saturated carbocycles. The van der Waals surface area contributed by atoms with Crippen molar-refractivity contribution in [3.05, 3.63) is 95.6 Å². The van der Waals surface area contributed by atoms with Gasteiger partial charge in [-0.1, -0.05) is 6.07 Å². The molecule has 40 heavy (non-hydrogen) atoms. The average molecular weight is 556 g/mol. The second-order valence-corrected chi connectivity index (χ2v) is 10.3. The van der Waals surface area contributed by atoms with Crippen molar-refractivity contribution < 1.29 is 9.47 Å². The van der Waals surface area contributed by atoms with Crippen LogP contribution >= 0.6 is 12.2 Å². The Morgan fingerprint density at radius 2 is 1.70 bits per heavy atom. The fourth-order valence-corrected chi connectivity index (χ4v) is 6.14. The second-order valence-electron chi connectivity index (χ2n) is 9.88. The number of hydrogen-bond acceptors (Lipinski definition) is 5. The van der Waals surface area contributed by atoms with Crippen LogP contribution in [0.25, 0.3) is 5.69 Å². The Kier molecular flexibility index (Phi) is 7.98. The van der Waals surface area contributed by atoms with E-state index in [4.69, 9.17) is 26.7 Å². The first-order chi connectivity index (χ1) is 19.4. The first kappa shape index (κ1) is 27.5. The maximum Gasteiger partial charge on any atom is 0.174 e. The highest BCUT2D eigenvalue weighted by Gasteiger charge is 2.43. The molecule has 3 heterocycles. The van der Waals surface area contributed by atoms with Crippen molar-refractivity contribution in [3.63, 3.8) is 0 Å². The lowest BCUT2D eigenvalue weighted by Crippen LogP contribution is -2.30. The molecule has 1 saturated heterocycles. The third-order valence-corrected chi connectivity index (χ3v) is 8.08. The zero-order valence-electron chi connectivity index (χ0n) is 24.0. The molecular formula is C32H37N5O2S. The molecule has 5 rings (SSSR count). The minimum Gasteiger partial charge on any atom is -0.497 e. The number of pyridine rings is 1. The predicted molar refractivity (Wildman–Crippen MR) is 166 cm³/mol. The molecule has 2 unspecified atom stereocenters. The van der Waals surface area contributed by atoms with E-state index in [-0.39, 0.29) is 12.1 Å². The van der Waals surface area contributed by atoms with E-state index in [2.05, 4.69) is 77.7 Å². The van der Waals surface area contributed by atoms with Gasteiger partial charge in [0.05, 0.1) is 37.7 Å². The van der Waals surface area contributed by atoms with Gasteiger partial charge in [-0.2, -0.15) is 0 Å². The van der Waals surface area contributed by atoms with E-state index in [1.165, 1.54) is 5.69 Å². The summed E-state index contributed by atoms with van der Waals surface area (Å²) in [5.74, 6) is 1.45. The summed E-state index contributed by atoms with van der Waals surface area (Å²) in [5.41, 5.74) is 7.59. The van der Waals surface area contributed by atoms with Crippen molar-refractivity contribution in [3.8, 4) is 17.2 Å². The van der Waals surface area contributed by atoms with Crippen LogP contribution in [0.15, 0.2) is 72.9 Å². The summed E-state index contributed by atoms with van der Waals surface area (Å²) in [6.45, 7) is 10.7. The molecule has 7 nitrogen and oxygen atoms in total. The van der Waals surface area contributed by atoms with Crippen LogP contribution < -0.4 is 24.6 Å². The number of nitrogens with one attached hydrogen (secondary N) is 1. The number of ether oxygens (including phenoxy) is 2. The van der Waals surface area contributed by atoms with Crippen molar-refractivity contribution in [1.82, 2.24) is 14.9 Å². The SMILES string of the molecule is CCN(CC)c1ccc(-n2c(C)cc(C3C(c4ccccn4)NC(=S)N3c3cc(OC)ccc3OC)c2C)cc1. The summed E-state index contributed by atoms with van der Waals surface area (Å²) in [6, 6.07) is 22.5. The van der Waals surface area contributed by atoms with Gasteiger partial charge >= 0.3 is 0 Å². The topological polar surface area (TPSA) is 54.8 Å². The summed E-state index contributed by atoms with van der Waals surface area (Å²) >= 11 is 5.98. The highest BCUT2D eigenvalue weighted by Crippen LogP contribution is 2.47. The Morgan fingerprint density at radius 1 is 0.950 bits per heavy atom. The zero-order valence-corrected chi connectivity index (χ0v) is 24.8. The predicted octanol–water partition coefficient (Wildman–Crippen LogP) is 6.53. The number of methoxy groups -OCH3 is 2. The normalized spacial score (nSPS) is 16.6. The molecule has 2 atom stereocenters. The maximum absolute atomic E-state index is 5.98. The summed E-state index contributed by atoms with van der Waals surface area (Å²) in [4.78, 5) is 9.22. The van der Waals surface area contributed by atoms with E-state index >= 15 is 0 Å². The highest BCUT2D eigenvalue weighted by molar-refractivity contribution is 7.80. The number of rotatable bonds is 9. The number of aromatic nitrogens is 2. The number of benzene rings is 2. The number of nitrogens with zero attached hydrogens (tertiary/aromatic N) is 4. The average Bonchev–Trinajstić information content (AvgIpc) is 3.48. The van der Waals surface area contributed by atoms with Gasteiger partial charge in [0, 0.05) is 48.1 Å². The summed E-state index contributed by atoms with van der Waals surface area (Å²) in [6.07, 6.45) is 1.83. The monoisotopic (exact) mass is 555 g/mol. The van der Waals surface area contributed by atoms with Crippen LogP contribution in [0.5, 0.6) is 11.5 Å². The van der Waals surface area contributed by atoms with Gasteiger partial charge in [-0.3, -0.25) is 4.98 Å². The Balaban J connectivity index is 1.65. The van der Waals surface area contributed by atoms with Crippen LogP contribution in [0, 0.1) is 13.8 Å². The van der Waals surface area contributed by atoms with Crippen molar-refractivity contribution in [2.75, 3.05) is 37.1 Å². The summed E-state index contributed by atoms with van der Waals surface area (Å²) in [5, 5.41) is 4.18. The molecule has 8 heteroatoms. The number of aryl methyl sites for hydroxylation is 1. The molecule has 1 fully saturated rings. The van der Waals surface area contributed by atoms with E-state index in [1.54, 1.807) is 14.2 Å². The van der Waals surface area contributed by atoms with Gasteiger partial charge in [0.2, 0.25) is 0 Å². The van der Waals surface area contributed by atoms with Gasteiger partial charge in [0.1, 0.15) is 11.5 Å². The Labute approximate surface area is 242 Å². The van der Waals surface area contributed by atoms with Crippen LogP contribution in [0.3, 0.4) is 0 Å². The van der Waals surface area contributed by atoms with Gasteiger partial charge in [0.15, 0.2) is 5.11 Å². The van der Waals surface area contributed by atoms with Gasteiger partial charge < -0.3 is 29.2 Å². The summed E-state index contributed by atoms with van der Waals surface area (Å²) < 4.78 is 13.7. The molecular weight excluding hydrogens is 518 g/mol. The van der Waals surface area contributed by atoms with Crippen molar-refractivity contribution in [2.24, 2.45) is 0 Å². The molecule has 1 N–H and O–H groups in total. The molecule has 1 aliphatic heterocycles. The molecule has 1 aliphatic rings. The molecule has 0 spiro atoms. The minimum atomic E-state index is -0.168. The standard InChI is InChI=1S/C32H37N5O2S/c1-7-35(8-2)23-12-14-24(15-13-23)36-21(3)19-26(22(36)4)31-30(27-11-9-10-18-33-27)34-32(40)37(31)28-20-25(38-5)16-17-29(28)39-6/h9-20,30-31H,7-8H2,1-6H3,(H,34,40). The zero-order chi connectivity index (χ0) is 28.4. The fraction of sp³-hybridized carbons (Fsp3) is 0.312. The lowest BCUT2D eigenvalue weighted by atomic mass is 9.96. The van der Waals surface area contributed by atoms with Crippen LogP contribution in [-0.4, -0.2) is 42.0 Å². The van der Waals surface area contributed by atoms with Crippen LogP contribution in [0.4, 0.5) is 11.4 Å². The first-order valence-electron chi connectivity index (χ1n) is 13.7. The van der Waals surface area contributed by atoms with Gasteiger partial charge in [-0.05, 0) is 100 Å².